The molecular formula is C16H17BrFNO. The van der Waals surface area contributed by atoms with Gasteiger partial charge >= 0.3 is 0 Å². The number of aryl methyl sites for hydroxylation is 1. The summed E-state index contributed by atoms with van der Waals surface area (Å²) in [5.41, 5.74) is 8.82. The molecule has 0 aliphatic rings. The van der Waals surface area contributed by atoms with Crippen LogP contribution in [0.25, 0.3) is 0 Å². The average molecular weight is 338 g/mol. The third-order valence-electron chi connectivity index (χ3n) is 3.23. The van der Waals surface area contributed by atoms with E-state index in [0.29, 0.717) is 12.0 Å². The largest absolute Gasteiger partial charge is 0.496 e. The smallest absolute Gasteiger partial charge is 0.126 e. The highest BCUT2D eigenvalue weighted by atomic mass is 79.9. The highest BCUT2D eigenvalue weighted by molar-refractivity contribution is 9.10. The van der Waals surface area contributed by atoms with Gasteiger partial charge < -0.3 is 10.5 Å². The van der Waals surface area contributed by atoms with E-state index in [2.05, 4.69) is 15.9 Å². The van der Waals surface area contributed by atoms with Gasteiger partial charge in [-0.3, -0.25) is 0 Å². The summed E-state index contributed by atoms with van der Waals surface area (Å²) in [7, 11) is 1.61. The van der Waals surface area contributed by atoms with Crippen LogP contribution < -0.4 is 10.5 Å². The molecule has 0 fully saturated rings. The van der Waals surface area contributed by atoms with E-state index in [1.165, 1.54) is 6.07 Å². The van der Waals surface area contributed by atoms with Crippen molar-refractivity contribution in [2.24, 2.45) is 5.73 Å². The summed E-state index contributed by atoms with van der Waals surface area (Å²) in [4.78, 5) is 0. The zero-order valence-electron chi connectivity index (χ0n) is 11.5. The van der Waals surface area contributed by atoms with E-state index in [0.717, 1.165) is 21.3 Å². The van der Waals surface area contributed by atoms with Gasteiger partial charge in [0.15, 0.2) is 0 Å². The van der Waals surface area contributed by atoms with Crippen LogP contribution in [0.1, 0.15) is 22.7 Å². The zero-order valence-corrected chi connectivity index (χ0v) is 13.1. The first-order valence-electron chi connectivity index (χ1n) is 6.35. The van der Waals surface area contributed by atoms with E-state index in [-0.39, 0.29) is 11.9 Å². The standard InChI is InChI=1S/C16H17BrFNO/c1-10-3-6-16(20-2)13(7-10)15(19)9-11-8-12(17)4-5-14(11)18/h3-8,15H,9,19H2,1-2H3. The second-order valence-electron chi connectivity index (χ2n) is 4.79. The minimum absolute atomic E-state index is 0.240. The van der Waals surface area contributed by atoms with Crippen molar-refractivity contribution in [3.63, 3.8) is 0 Å². The second-order valence-corrected chi connectivity index (χ2v) is 5.71. The van der Waals surface area contributed by atoms with Gasteiger partial charge in [-0.05, 0) is 43.2 Å². The Labute approximate surface area is 126 Å². The van der Waals surface area contributed by atoms with Crippen molar-refractivity contribution in [2.75, 3.05) is 7.11 Å². The maximum Gasteiger partial charge on any atom is 0.126 e. The molecule has 0 aliphatic heterocycles. The summed E-state index contributed by atoms with van der Waals surface area (Å²) in [5, 5.41) is 0. The van der Waals surface area contributed by atoms with Gasteiger partial charge in [-0.25, -0.2) is 4.39 Å². The van der Waals surface area contributed by atoms with Crippen LogP contribution in [0.5, 0.6) is 5.75 Å². The molecule has 2 rings (SSSR count). The molecular weight excluding hydrogens is 321 g/mol. The lowest BCUT2D eigenvalue weighted by Crippen LogP contribution is -2.15. The molecule has 0 bridgehead atoms. The quantitative estimate of drug-likeness (QED) is 0.909. The fourth-order valence-corrected chi connectivity index (χ4v) is 2.60. The summed E-state index contributed by atoms with van der Waals surface area (Å²) in [6, 6.07) is 10.4. The molecule has 2 aromatic carbocycles. The van der Waals surface area contributed by atoms with Crippen molar-refractivity contribution in [2.45, 2.75) is 19.4 Å². The monoisotopic (exact) mass is 337 g/mol. The number of hydrogen-bond donors (Lipinski definition) is 1. The van der Waals surface area contributed by atoms with Crippen molar-refractivity contribution in [1.82, 2.24) is 0 Å². The number of halogens is 2. The Morgan fingerprint density at radius 2 is 2.00 bits per heavy atom. The van der Waals surface area contributed by atoms with Crippen LogP contribution in [0.4, 0.5) is 4.39 Å². The van der Waals surface area contributed by atoms with Crippen molar-refractivity contribution in [1.29, 1.82) is 0 Å². The maximum absolute atomic E-state index is 13.8. The van der Waals surface area contributed by atoms with Crippen molar-refractivity contribution < 1.29 is 9.13 Å². The van der Waals surface area contributed by atoms with Gasteiger partial charge in [-0.15, -0.1) is 0 Å². The van der Waals surface area contributed by atoms with E-state index in [1.807, 2.05) is 25.1 Å². The lowest BCUT2D eigenvalue weighted by molar-refractivity contribution is 0.405. The Morgan fingerprint density at radius 3 is 2.70 bits per heavy atom. The van der Waals surface area contributed by atoms with Crippen LogP contribution in [-0.2, 0) is 6.42 Å². The SMILES string of the molecule is COc1ccc(C)cc1C(N)Cc1cc(Br)ccc1F. The van der Waals surface area contributed by atoms with Crippen LogP contribution in [0.3, 0.4) is 0 Å². The fourth-order valence-electron chi connectivity index (χ4n) is 2.19. The molecule has 4 heteroatoms. The van der Waals surface area contributed by atoms with Gasteiger partial charge in [0.25, 0.3) is 0 Å². The molecule has 0 amide bonds. The molecule has 20 heavy (non-hydrogen) atoms. The molecule has 106 valence electrons. The topological polar surface area (TPSA) is 35.2 Å². The summed E-state index contributed by atoms with van der Waals surface area (Å²) in [5.74, 6) is 0.494. The average Bonchev–Trinajstić information content (AvgIpc) is 2.42. The first-order chi connectivity index (χ1) is 9.51. The van der Waals surface area contributed by atoms with Gasteiger partial charge in [0.2, 0.25) is 0 Å². The predicted octanol–water partition coefficient (Wildman–Crippen LogP) is 4.15. The van der Waals surface area contributed by atoms with E-state index in [9.17, 15) is 4.39 Å². The third-order valence-corrected chi connectivity index (χ3v) is 3.73. The minimum atomic E-state index is -0.311. The van der Waals surface area contributed by atoms with E-state index >= 15 is 0 Å². The van der Waals surface area contributed by atoms with Gasteiger partial charge in [0, 0.05) is 16.1 Å². The van der Waals surface area contributed by atoms with Crippen molar-refractivity contribution in [3.05, 3.63) is 63.4 Å². The minimum Gasteiger partial charge on any atom is -0.496 e. The molecule has 0 radical (unpaired) electrons. The molecule has 0 spiro atoms. The van der Waals surface area contributed by atoms with Crippen LogP contribution in [0.2, 0.25) is 0 Å². The predicted molar refractivity (Wildman–Crippen MR) is 82.5 cm³/mol. The Kier molecular flexibility index (Phi) is 4.78. The zero-order chi connectivity index (χ0) is 14.7. The number of benzene rings is 2. The number of nitrogens with two attached hydrogens (primary N) is 1. The molecule has 2 N–H and O–H groups in total. The normalized spacial score (nSPS) is 12.2. The molecule has 0 aliphatic carbocycles. The number of methoxy groups -OCH3 is 1. The summed E-state index contributed by atoms with van der Waals surface area (Å²) < 4.78 is 20.0. The second kappa shape index (κ2) is 6.37. The lowest BCUT2D eigenvalue weighted by atomic mass is 9.97. The van der Waals surface area contributed by atoms with Crippen molar-refractivity contribution >= 4 is 15.9 Å². The van der Waals surface area contributed by atoms with Gasteiger partial charge in [-0.2, -0.15) is 0 Å². The Morgan fingerprint density at radius 1 is 1.25 bits per heavy atom. The molecule has 1 atom stereocenters. The number of rotatable bonds is 4. The molecule has 2 nitrogen and oxygen atoms in total. The fraction of sp³-hybridized carbons (Fsp3) is 0.250. The van der Waals surface area contributed by atoms with Gasteiger partial charge in [0.05, 0.1) is 7.11 Å². The van der Waals surface area contributed by atoms with Crippen LogP contribution in [0.15, 0.2) is 40.9 Å². The molecule has 0 heterocycles. The Hall–Kier alpha value is -1.39. The number of ether oxygens (including phenoxy) is 1. The molecule has 2 aromatic rings. The van der Waals surface area contributed by atoms with E-state index in [1.54, 1.807) is 19.2 Å². The maximum atomic E-state index is 13.8. The summed E-state index contributed by atoms with van der Waals surface area (Å²) in [6.07, 6.45) is 0.422. The Balaban J connectivity index is 2.30. The molecule has 1 unspecified atom stereocenters. The van der Waals surface area contributed by atoms with Gasteiger partial charge in [-0.1, -0.05) is 33.6 Å². The first-order valence-corrected chi connectivity index (χ1v) is 7.14. The first kappa shape index (κ1) is 15.0. The highest BCUT2D eigenvalue weighted by Gasteiger charge is 2.15. The summed E-state index contributed by atoms with van der Waals surface area (Å²) >= 11 is 3.35. The van der Waals surface area contributed by atoms with Crippen molar-refractivity contribution in [3.8, 4) is 5.75 Å². The Bertz CT molecular complexity index is 615. The van der Waals surface area contributed by atoms with E-state index < -0.39 is 0 Å². The van der Waals surface area contributed by atoms with Crippen LogP contribution in [0, 0.1) is 12.7 Å². The molecule has 0 saturated carbocycles. The van der Waals surface area contributed by atoms with E-state index in [4.69, 9.17) is 10.5 Å². The highest BCUT2D eigenvalue weighted by Crippen LogP contribution is 2.28. The lowest BCUT2D eigenvalue weighted by Gasteiger charge is -2.17. The van der Waals surface area contributed by atoms with Crippen LogP contribution in [-0.4, -0.2) is 7.11 Å². The summed E-state index contributed by atoms with van der Waals surface area (Å²) in [6.45, 7) is 2.00. The molecule has 0 aromatic heterocycles. The van der Waals surface area contributed by atoms with Crippen LogP contribution >= 0.6 is 15.9 Å². The third kappa shape index (κ3) is 3.38. The van der Waals surface area contributed by atoms with Gasteiger partial charge in [0.1, 0.15) is 11.6 Å². The number of hydrogen-bond acceptors (Lipinski definition) is 2. The molecule has 0 saturated heterocycles.